The number of nitrogens with one attached hydrogen (secondary N) is 3. The molecular weight excluding hydrogens is 400 g/mol. The number of ketones is 1. The van der Waals surface area contributed by atoms with Crippen LogP contribution in [0.1, 0.15) is 15.9 Å². The van der Waals surface area contributed by atoms with E-state index in [1.54, 1.807) is 18.2 Å². The van der Waals surface area contributed by atoms with Crippen LogP contribution in [0, 0.1) is 0 Å². The summed E-state index contributed by atoms with van der Waals surface area (Å²) in [6, 6.07) is 10.7. The Morgan fingerprint density at radius 1 is 0.923 bits per heavy atom. The lowest BCUT2D eigenvalue weighted by Gasteiger charge is -2.03. The van der Waals surface area contributed by atoms with Gasteiger partial charge in [-0.15, -0.1) is 5.10 Å². The minimum atomic E-state index is -0.304. The summed E-state index contributed by atoms with van der Waals surface area (Å²) >= 11 is 3.38. The maximum absolute atomic E-state index is 13.0. The first kappa shape index (κ1) is 15.0. The summed E-state index contributed by atoms with van der Waals surface area (Å²) < 4.78 is 0.849. The molecule has 9 heteroatoms. The highest BCUT2D eigenvalue weighted by Gasteiger charge is 2.35. The van der Waals surface area contributed by atoms with Crippen LogP contribution in [0.25, 0.3) is 17.0 Å². The molecule has 2 aliphatic heterocycles. The standard InChI is InChI=1S/C17H9BrN6O2/c18-8-2-3-9-12(6-8)20-17(26)13(9)14-15(25)10-5-7(1-4-11(10)19-14)16-21-23-24-22-16/h1-6,19H,(H,20,26)(H,21,22,23,24)/b14-13-. The molecule has 5 rings (SSSR count). The van der Waals surface area contributed by atoms with Crippen molar-refractivity contribution < 1.29 is 9.59 Å². The molecule has 0 unspecified atom stereocenters. The van der Waals surface area contributed by atoms with E-state index in [0.29, 0.717) is 39.5 Å². The number of allylic oxidation sites excluding steroid dienone is 1. The zero-order valence-electron chi connectivity index (χ0n) is 13.0. The lowest BCUT2D eigenvalue weighted by atomic mass is 10.0. The van der Waals surface area contributed by atoms with Crippen molar-refractivity contribution >= 4 is 44.6 Å². The molecule has 26 heavy (non-hydrogen) atoms. The molecule has 0 radical (unpaired) electrons. The highest BCUT2D eigenvalue weighted by atomic mass is 79.9. The number of halogens is 1. The Labute approximate surface area is 154 Å². The molecule has 0 bridgehead atoms. The first-order chi connectivity index (χ1) is 12.6. The van der Waals surface area contributed by atoms with E-state index in [2.05, 4.69) is 47.2 Å². The van der Waals surface area contributed by atoms with Gasteiger partial charge in [-0.1, -0.05) is 22.0 Å². The van der Waals surface area contributed by atoms with E-state index in [0.717, 1.165) is 4.47 Å². The van der Waals surface area contributed by atoms with Gasteiger partial charge < -0.3 is 10.6 Å². The van der Waals surface area contributed by atoms with Crippen molar-refractivity contribution in [1.82, 2.24) is 20.6 Å². The van der Waals surface area contributed by atoms with Crippen molar-refractivity contribution in [2.75, 3.05) is 10.6 Å². The molecule has 2 aromatic carbocycles. The van der Waals surface area contributed by atoms with Crippen LogP contribution in [0.2, 0.25) is 0 Å². The summed E-state index contributed by atoms with van der Waals surface area (Å²) in [6.45, 7) is 0. The number of hydrogen-bond donors (Lipinski definition) is 3. The van der Waals surface area contributed by atoms with E-state index < -0.39 is 0 Å². The fourth-order valence-corrected chi connectivity index (χ4v) is 3.53. The molecule has 0 spiro atoms. The van der Waals surface area contributed by atoms with Gasteiger partial charge in [0.2, 0.25) is 5.78 Å². The van der Waals surface area contributed by atoms with Gasteiger partial charge in [-0.25, -0.2) is 5.10 Å². The third kappa shape index (κ3) is 2.10. The maximum atomic E-state index is 13.0. The quantitative estimate of drug-likeness (QED) is 0.533. The second-order valence-corrected chi connectivity index (χ2v) is 6.77. The van der Waals surface area contributed by atoms with Crippen LogP contribution in [-0.4, -0.2) is 32.3 Å². The molecule has 3 N–H and O–H groups in total. The molecule has 8 nitrogen and oxygen atoms in total. The van der Waals surface area contributed by atoms with Crippen LogP contribution in [0.15, 0.2) is 46.6 Å². The molecule has 0 saturated heterocycles. The number of H-pyrrole nitrogens is 1. The summed E-state index contributed by atoms with van der Waals surface area (Å²) in [6.07, 6.45) is 0. The number of tetrazole rings is 1. The second kappa shape index (κ2) is 5.33. The number of Topliss-reactive ketones (excluding diaryl/α,β-unsaturated/α-hetero) is 1. The average molecular weight is 409 g/mol. The summed E-state index contributed by atoms with van der Waals surface area (Å²) in [4.78, 5) is 25.4. The third-order valence-electron chi connectivity index (χ3n) is 4.35. The molecule has 0 saturated carbocycles. The molecular formula is C17H9BrN6O2. The maximum Gasteiger partial charge on any atom is 0.258 e. The number of aromatic amines is 1. The number of nitrogens with zero attached hydrogens (tertiary/aromatic N) is 3. The number of hydrogen-bond acceptors (Lipinski definition) is 6. The van der Waals surface area contributed by atoms with E-state index in [-0.39, 0.29) is 17.4 Å². The van der Waals surface area contributed by atoms with Crippen LogP contribution < -0.4 is 10.6 Å². The van der Waals surface area contributed by atoms with Gasteiger partial charge in [0.05, 0.1) is 11.3 Å². The number of amides is 1. The van der Waals surface area contributed by atoms with Gasteiger partial charge in [-0.2, -0.15) is 0 Å². The lowest BCUT2D eigenvalue weighted by molar-refractivity contribution is -0.110. The number of benzene rings is 2. The predicted octanol–water partition coefficient (Wildman–Crippen LogP) is 2.60. The van der Waals surface area contributed by atoms with Gasteiger partial charge in [-0.05, 0) is 40.8 Å². The number of rotatable bonds is 1. The van der Waals surface area contributed by atoms with E-state index >= 15 is 0 Å². The van der Waals surface area contributed by atoms with Gasteiger partial charge in [0, 0.05) is 26.9 Å². The van der Waals surface area contributed by atoms with Gasteiger partial charge in [-0.3, -0.25) is 9.59 Å². The molecule has 0 atom stereocenters. The SMILES string of the molecule is O=C1Nc2cc(Br)ccc2/C1=C1/Nc2ccc(-c3nnn[nH]3)cc2C1=O. The van der Waals surface area contributed by atoms with Crippen molar-refractivity contribution in [3.05, 3.63) is 57.7 Å². The molecule has 3 heterocycles. The summed E-state index contributed by atoms with van der Waals surface area (Å²) in [5, 5.41) is 19.5. The average Bonchev–Trinajstić information content (AvgIpc) is 3.32. The predicted molar refractivity (Wildman–Crippen MR) is 97.3 cm³/mol. The molecule has 0 fully saturated rings. The molecule has 1 amide bonds. The van der Waals surface area contributed by atoms with Crippen molar-refractivity contribution in [2.24, 2.45) is 0 Å². The molecule has 3 aromatic rings. The monoisotopic (exact) mass is 408 g/mol. The first-order valence-corrected chi connectivity index (χ1v) is 8.46. The zero-order chi connectivity index (χ0) is 17.8. The molecule has 1 aromatic heterocycles. The minimum absolute atomic E-state index is 0.241. The van der Waals surface area contributed by atoms with Crippen LogP contribution in [0.5, 0.6) is 0 Å². The Morgan fingerprint density at radius 2 is 1.81 bits per heavy atom. The first-order valence-electron chi connectivity index (χ1n) is 7.67. The van der Waals surface area contributed by atoms with E-state index in [1.165, 1.54) is 0 Å². The highest BCUT2D eigenvalue weighted by Crippen LogP contribution is 2.40. The number of carbonyl (C=O) groups is 2. The smallest absolute Gasteiger partial charge is 0.258 e. The van der Waals surface area contributed by atoms with Crippen LogP contribution >= 0.6 is 15.9 Å². The second-order valence-electron chi connectivity index (χ2n) is 5.86. The van der Waals surface area contributed by atoms with Gasteiger partial charge >= 0.3 is 0 Å². The normalized spacial score (nSPS) is 17.7. The molecule has 0 aliphatic carbocycles. The Morgan fingerprint density at radius 3 is 2.62 bits per heavy atom. The van der Waals surface area contributed by atoms with Crippen molar-refractivity contribution in [3.8, 4) is 11.4 Å². The van der Waals surface area contributed by atoms with Crippen LogP contribution in [0.3, 0.4) is 0 Å². The number of anilines is 2. The van der Waals surface area contributed by atoms with E-state index in [1.807, 2.05) is 18.2 Å². The largest absolute Gasteiger partial charge is 0.351 e. The van der Waals surface area contributed by atoms with E-state index in [4.69, 9.17) is 0 Å². The minimum Gasteiger partial charge on any atom is -0.351 e. The summed E-state index contributed by atoms with van der Waals surface area (Å²) in [7, 11) is 0. The molecule has 126 valence electrons. The Kier molecular flexibility index (Phi) is 3.07. The fourth-order valence-electron chi connectivity index (χ4n) is 3.17. The highest BCUT2D eigenvalue weighted by molar-refractivity contribution is 9.10. The Hall–Kier alpha value is -3.33. The summed E-state index contributed by atoms with van der Waals surface area (Å²) in [5.74, 6) is -0.0767. The van der Waals surface area contributed by atoms with Gasteiger partial charge in [0.25, 0.3) is 5.91 Å². The zero-order valence-corrected chi connectivity index (χ0v) is 14.6. The fraction of sp³-hybridized carbons (Fsp3) is 0. The number of fused-ring (bicyclic) bond motifs is 2. The van der Waals surface area contributed by atoms with Gasteiger partial charge in [0.15, 0.2) is 5.82 Å². The van der Waals surface area contributed by atoms with E-state index in [9.17, 15) is 9.59 Å². The van der Waals surface area contributed by atoms with Crippen LogP contribution in [0.4, 0.5) is 11.4 Å². The van der Waals surface area contributed by atoms with Gasteiger partial charge in [0.1, 0.15) is 5.70 Å². The Bertz CT molecular complexity index is 1140. The number of aromatic nitrogens is 4. The Balaban J connectivity index is 1.63. The van der Waals surface area contributed by atoms with Crippen molar-refractivity contribution in [1.29, 1.82) is 0 Å². The third-order valence-corrected chi connectivity index (χ3v) is 4.84. The van der Waals surface area contributed by atoms with Crippen molar-refractivity contribution in [3.63, 3.8) is 0 Å². The van der Waals surface area contributed by atoms with Crippen LogP contribution in [-0.2, 0) is 4.79 Å². The molecule has 2 aliphatic rings. The topological polar surface area (TPSA) is 113 Å². The number of carbonyl (C=O) groups excluding carboxylic acids is 2. The van der Waals surface area contributed by atoms with Crippen molar-refractivity contribution in [2.45, 2.75) is 0 Å². The lowest BCUT2D eigenvalue weighted by Crippen LogP contribution is -2.11. The summed E-state index contributed by atoms with van der Waals surface area (Å²) in [5.41, 5.74) is 3.79.